The van der Waals surface area contributed by atoms with E-state index < -0.39 is 5.82 Å². The monoisotopic (exact) mass is 345 g/mol. The standard InChI is InChI=1S/C12H10BrClFN3O/c1-2-16-12-17-6-9(15)11(18-12)19-10-4-3-7(13)5-8(10)14/h3-6H,2H2,1H3,(H,16,17,18). The third kappa shape index (κ3) is 3.54. The van der Waals surface area contributed by atoms with Crippen LogP contribution in [0, 0.1) is 5.82 Å². The first-order valence-electron chi connectivity index (χ1n) is 5.49. The Kier molecular flexibility index (Phi) is 4.55. The van der Waals surface area contributed by atoms with E-state index in [1.807, 2.05) is 6.92 Å². The summed E-state index contributed by atoms with van der Waals surface area (Å²) in [5, 5.41) is 3.23. The second kappa shape index (κ2) is 6.16. The fourth-order valence-electron chi connectivity index (χ4n) is 1.33. The molecule has 0 spiro atoms. The molecule has 0 amide bonds. The van der Waals surface area contributed by atoms with Crippen molar-refractivity contribution in [2.45, 2.75) is 6.92 Å². The van der Waals surface area contributed by atoms with E-state index in [9.17, 15) is 4.39 Å². The number of anilines is 1. The number of ether oxygens (including phenoxy) is 1. The Morgan fingerprint density at radius 1 is 1.47 bits per heavy atom. The molecule has 2 aromatic rings. The average Bonchev–Trinajstić information content (AvgIpc) is 2.37. The topological polar surface area (TPSA) is 47.0 Å². The summed E-state index contributed by atoms with van der Waals surface area (Å²) >= 11 is 9.27. The fraction of sp³-hybridized carbons (Fsp3) is 0.167. The summed E-state index contributed by atoms with van der Waals surface area (Å²) in [4.78, 5) is 7.72. The lowest BCUT2D eigenvalue weighted by molar-refractivity contribution is 0.421. The van der Waals surface area contributed by atoms with Crippen molar-refractivity contribution in [2.75, 3.05) is 11.9 Å². The molecule has 1 heterocycles. The second-order valence-corrected chi connectivity index (χ2v) is 4.88. The minimum absolute atomic E-state index is 0.171. The van der Waals surface area contributed by atoms with E-state index in [4.69, 9.17) is 16.3 Å². The van der Waals surface area contributed by atoms with Crippen LogP contribution >= 0.6 is 27.5 Å². The maximum absolute atomic E-state index is 13.6. The van der Waals surface area contributed by atoms with Crippen molar-refractivity contribution >= 4 is 33.5 Å². The molecule has 1 aromatic heterocycles. The molecule has 7 heteroatoms. The number of nitrogens with zero attached hydrogens (tertiary/aromatic N) is 2. The van der Waals surface area contributed by atoms with Crippen LogP contribution in [0.1, 0.15) is 6.92 Å². The molecule has 0 unspecified atom stereocenters. The molecule has 0 saturated carbocycles. The van der Waals surface area contributed by atoms with Gasteiger partial charge in [-0.2, -0.15) is 9.37 Å². The minimum atomic E-state index is -0.652. The number of rotatable bonds is 4. The highest BCUT2D eigenvalue weighted by Crippen LogP contribution is 2.32. The van der Waals surface area contributed by atoms with Crippen molar-refractivity contribution in [3.05, 3.63) is 39.7 Å². The SMILES string of the molecule is CCNc1ncc(F)c(Oc2ccc(Br)cc2Cl)n1. The van der Waals surface area contributed by atoms with Crippen LogP contribution in [0.2, 0.25) is 5.02 Å². The van der Waals surface area contributed by atoms with Crippen LogP contribution in [0.3, 0.4) is 0 Å². The van der Waals surface area contributed by atoms with E-state index in [1.54, 1.807) is 18.2 Å². The summed E-state index contributed by atoms with van der Waals surface area (Å²) in [6.07, 6.45) is 1.05. The van der Waals surface area contributed by atoms with Crippen LogP contribution in [-0.2, 0) is 0 Å². The zero-order chi connectivity index (χ0) is 13.8. The predicted molar refractivity (Wildman–Crippen MR) is 75.4 cm³/mol. The van der Waals surface area contributed by atoms with Crippen molar-refractivity contribution in [3.8, 4) is 11.6 Å². The zero-order valence-corrected chi connectivity index (χ0v) is 12.3. The van der Waals surface area contributed by atoms with Gasteiger partial charge >= 0.3 is 0 Å². The summed E-state index contributed by atoms with van der Waals surface area (Å²) < 4.78 is 19.7. The lowest BCUT2D eigenvalue weighted by Gasteiger charge is -2.09. The molecule has 0 bridgehead atoms. The van der Waals surface area contributed by atoms with Crippen LogP contribution in [0.4, 0.5) is 10.3 Å². The summed E-state index contributed by atoms with van der Waals surface area (Å²) in [6, 6.07) is 5.02. The van der Waals surface area contributed by atoms with Gasteiger partial charge in [-0.3, -0.25) is 0 Å². The Bertz CT molecular complexity index is 597. The van der Waals surface area contributed by atoms with Gasteiger partial charge in [0.25, 0.3) is 5.88 Å². The molecule has 0 fully saturated rings. The quantitative estimate of drug-likeness (QED) is 0.899. The normalized spacial score (nSPS) is 10.3. The van der Waals surface area contributed by atoms with E-state index in [-0.39, 0.29) is 5.88 Å². The van der Waals surface area contributed by atoms with E-state index in [0.29, 0.717) is 23.3 Å². The van der Waals surface area contributed by atoms with Gasteiger partial charge in [0.1, 0.15) is 5.75 Å². The van der Waals surface area contributed by atoms with Crippen molar-refractivity contribution in [3.63, 3.8) is 0 Å². The summed E-state index contributed by atoms with van der Waals surface area (Å²) in [5.74, 6) is -0.201. The van der Waals surface area contributed by atoms with Gasteiger partial charge in [-0.1, -0.05) is 27.5 Å². The number of benzene rings is 1. The summed E-state index contributed by atoms with van der Waals surface area (Å²) in [5.41, 5.74) is 0. The molecule has 0 aliphatic heterocycles. The van der Waals surface area contributed by atoms with E-state index in [2.05, 4.69) is 31.2 Å². The number of aromatic nitrogens is 2. The van der Waals surface area contributed by atoms with Gasteiger partial charge in [-0.05, 0) is 25.1 Å². The Balaban J connectivity index is 2.29. The molecule has 0 radical (unpaired) electrons. The van der Waals surface area contributed by atoms with Gasteiger partial charge in [-0.25, -0.2) is 4.98 Å². The molecule has 0 atom stereocenters. The predicted octanol–water partition coefficient (Wildman–Crippen LogP) is 4.26. The summed E-state index contributed by atoms with van der Waals surface area (Å²) in [6.45, 7) is 2.52. The van der Waals surface area contributed by atoms with Gasteiger partial charge < -0.3 is 10.1 Å². The number of hydrogen-bond donors (Lipinski definition) is 1. The molecule has 1 N–H and O–H groups in total. The van der Waals surface area contributed by atoms with E-state index in [0.717, 1.165) is 10.7 Å². The van der Waals surface area contributed by atoms with Crippen molar-refractivity contribution < 1.29 is 9.13 Å². The van der Waals surface area contributed by atoms with Crippen molar-refractivity contribution in [2.24, 2.45) is 0 Å². The van der Waals surface area contributed by atoms with Crippen LogP contribution < -0.4 is 10.1 Å². The molecular formula is C12H10BrClFN3O. The van der Waals surface area contributed by atoms with E-state index >= 15 is 0 Å². The first kappa shape index (κ1) is 14.0. The smallest absolute Gasteiger partial charge is 0.260 e. The minimum Gasteiger partial charge on any atom is -0.435 e. The summed E-state index contributed by atoms with van der Waals surface area (Å²) in [7, 11) is 0. The van der Waals surface area contributed by atoms with Gasteiger partial charge in [0.05, 0.1) is 11.2 Å². The van der Waals surface area contributed by atoms with Gasteiger partial charge in [-0.15, -0.1) is 0 Å². The van der Waals surface area contributed by atoms with Crippen molar-refractivity contribution in [1.29, 1.82) is 0 Å². The van der Waals surface area contributed by atoms with Crippen LogP contribution in [0.25, 0.3) is 0 Å². The fourth-order valence-corrected chi connectivity index (χ4v) is 2.04. The Hall–Kier alpha value is -1.40. The van der Waals surface area contributed by atoms with Gasteiger partial charge in [0, 0.05) is 11.0 Å². The highest BCUT2D eigenvalue weighted by Gasteiger charge is 2.11. The van der Waals surface area contributed by atoms with Gasteiger partial charge in [0.2, 0.25) is 11.8 Å². The van der Waals surface area contributed by atoms with E-state index in [1.165, 1.54) is 0 Å². The number of hydrogen-bond acceptors (Lipinski definition) is 4. The number of nitrogens with one attached hydrogen (secondary N) is 1. The van der Waals surface area contributed by atoms with Crippen LogP contribution in [-0.4, -0.2) is 16.5 Å². The number of halogens is 3. The van der Waals surface area contributed by atoms with Crippen molar-refractivity contribution in [1.82, 2.24) is 9.97 Å². The highest BCUT2D eigenvalue weighted by molar-refractivity contribution is 9.10. The maximum atomic E-state index is 13.6. The third-order valence-electron chi connectivity index (χ3n) is 2.15. The largest absolute Gasteiger partial charge is 0.435 e. The second-order valence-electron chi connectivity index (χ2n) is 3.55. The third-order valence-corrected chi connectivity index (χ3v) is 2.94. The lowest BCUT2D eigenvalue weighted by atomic mass is 10.3. The molecule has 1 aromatic carbocycles. The van der Waals surface area contributed by atoms with Crippen LogP contribution in [0.15, 0.2) is 28.9 Å². The highest BCUT2D eigenvalue weighted by atomic mass is 79.9. The Morgan fingerprint density at radius 3 is 2.95 bits per heavy atom. The first-order valence-corrected chi connectivity index (χ1v) is 6.66. The average molecular weight is 347 g/mol. The Labute approximate surface area is 123 Å². The first-order chi connectivity index (χ1) is 9.10. The molecule has 0 saturated heterocycles. The van der Waals surface area contributed by atoms with Crippen LogP contribution in [0.5, 0.6) is 11.6 Å². The van der Waals surface area contributed by atoms with Gasteiger partial charge in [0.15, 0.2) is 0 Å². The maximum Gasteiger partial charge on any atom is 0.260 e. The molecule has 19 heavy (non-hydrogen) atoms. The molecular weight excluding hydrogens is 337 g/mol. The Morgan fingerprint density at radius 2 is 2.26 bits per heavy atom. The molecule has 2 rings (SSSR count). The molecule has 0 aliphatic rings. The molecule has 0 aliphatic carbocycles. The lowest BCUT2D eigenvalue weighted by Crippen LogP contribution is -2.04. The molecule has 4 nitrogen and oxygen atoms in total. The molecule has 100 valence electrons. The zero-order valence-electron chi connectivity index (χ0n) is 9.95.